The van der Waals surface area contributed by atoms with Crippen molar-refractivity contribution in [1.82, 2.24) is 4.90 Å². The molecule has 0 aromatic carbocycles. The molecule has 1 aliphatic carbocycles. The lowest BCUT2D eigenvalue weighted by Crippen LogP contribution is -2.46. The molecule has 1 saturated heterocycles. The maximum absolute atomic E-state index is 6.49. The first-order valence-corrected chi connectivity index (χ1v) is 9.25. The van der Waals surface area contributed by atoms with Gasteiger partial charge in [-0.2, -0.15) is 0 Å². The van der Waals surface area contributed by atoms with E-state index in [0.29, 0.717) is 17.4 Å². The Kier molecular flexibility index (Phi) is 5.76. The number of hydrogen-bond donors (Lipinski definition) is 1. The quantitative estimate of drug-likeness (QED) is 0.829. The van der Waals surface area contributed by atoms with Crippen molar-refractivity contribution in [3.63, 3.8) is 0 Å². The van der Waals surface area contributed by atoms with E-state index in [-0.39, 0.29) is 0 Å². The van der Waals surface area contributed by atoms with Gasteiger partial charge in [-0.25, -0.2) is 0 Å². The number of hydrogen-bond acceptors (Lipinski definition) is 2. The molecular formula is C19H38N2. The van der Waals surface area contributed by atoms with Crippen LogP contribution in [0.2, 0.25) is 0 Å². The molecule has 5 atom stereocenters. The zero-order chi connectivity index (χ0) is 15.6. The molecule has 0 amide bonds. The molecule has 124 valence electrons. The molecule has 0 aromatic rings. The molecule has 2 heteroatoms. The topological polar surface area (TPSA) is 29.3 Å². The summed E-state index contributed by atoms with van der Waals surface area (Å²) in [4.78, 5) is 2.72. The summed E-state index contributed by atoms with van der Waals surface area (Å²) in [7, 11) is 0. The molecule has 2 aliphatic rings. The number of likely N-dealkylation sites (tertiary alicyclic amines) is 1. The third-order valence-electron chi connectivity index (χ3n) is 6.24. The second-order valence-electron chi connectivity index (χ2n) is 9.18. The highest BCUT2D eigenvalue weighted by Crippen LogP contribution is 2.36. The van der Waals surface area contributed by atoms with E-state index in [2.05, 4.69) is 39.5 Å². The Morgan fingerprint density at radius 3 is 2.38 bits per heavy atom. The molecule has 2 fully saturated rings. The molecule has 0 radical (unpaired) electrons. The van der Waals surface area contributed by atoms with Crippen molar-refractivity contribution in [2.75, 3.05) is 19.6 Å². The van der Waals surface area contributed by atoms with E-state index in [9.17, 15) is 0 Å². The third kappa shape index (κ3) is 4.69. The molecule has 0 bridgehead atoms. The smallest absolute Gasteiger partial charge is 0.00844 e. The Balaban J connectivity index is 1.88. The van der Waals surface area contributed by atoms with Crippen LogP contribution in [0.1, 0.15) is 66.7 Å². The highest BCUT2D eigenvalue weighted by molar-refractivity contribution is 4.88. The average Bonchev–Trinajstić information content (AvgIpc) is 2.58. The van der Waals surface area contributed by atoms with Crippen LogP contribution in [0.3, 0.4) is 0 Å². The van der Waals surface area contributed by atoms with E-state index in [0.717, 1.165) is 17.8 Å². The van der Waals surface area contributed by atoms with Gasteiger partial charge in [0.25, 0.3) is 0 Å². The first-order chi connectivity index (χ1) is 9.77. The van der Waals surface area contributed by atoms with Crippen LogP contribution in [-0.2, 0) is 0 Å². The highest BCUT2D eigenvalue weighted by atomic mass is 15.1. The SMILES string of the molecule is CC1CC(C)C(CN2CCCC(C(C)(C)C)CC2)C(N)C1. The van der Waals surface area contributed by atoms with Gasteiger partial charge in [0.1, 0.15) is 0 Å². The fourth-order valence-corrected chi connectivity index (χ4v) is 4.79. The summed E-state index contributed by atoms with van der Waals surface area (Å²) in [5, 5.41) is 0. The summed E-state index contributed by atoms with van der Waals surface area (Å²) in [6, 6.07) is 0.422. The van der Waals surface area contributed by atoms with Gasteiger partial charge in [-0.1, -0.05) is 34.6 Å². The van der Waals surface area contributed by atoms with E-state index >= 15 is 0 Å². The zero-order valence-corrected chi connectivity index (χ0v) is 15.1. The van der Waals surface area contributed by atoms with Crippen molar-refractivity contribution in [3.05, 3.63) is 0 Å². The lowest BCUT2D eigenvalue weighted by Gasteiger charge is -2.40. The number of rotatable bonds is 2. The van der Waals surface area contributed by atoms with Crippen molar-refractivity contribution >= 4 is 0 Å². The van der Waals surface area contributed by atoms with Crippen molar-refractivity contribution in [3.8, 4) is 0 Å². The van der Waals surface area contributed by atoms with Crippen LogP contribution in [0.5, 0.6) is 0 Å². The summed E-state index contributed by atoms with van der Waals surface area (Å²) in [5.41, 5.74) is 6.96. The Hall–Kier alpha value is -0.0800. The van der Waals surface area contributed by atoms with Gasteiger partial charge in [0.05, 0.1) is 0 Å². The van der Waals surface area contributed by atoms with Crippen LogP contribution in [-0.4, -0.2) is 30.6 Å². The van der Waals surface area contributed by atoms with Crippen LogP contribution in [0, 0.1) is 29.1 Å². The lowest BCUT2D eigenvalue weighted by molar-refractivity contribution is 0.117. The normalized spacial score (nSPS) is 40.0. The van der Waals surface area contributed by atoms with Crippen LogP contribution in [0.25, 0.3) is 0 Å². The van der Waals surface area contributed by atoms with Crippen LogP contribution >= 0.6 is 0 Å². The first kappa shape index (κ1) is 17.3. The Morgan fingerprint density at radius 2 is 1.76 bits per heavy atom. The minimum atomic E-state index is 0.422. The Morgan fingerprint density at radius 1 is 1.05 bits per heavy atom. The second-order valence-corrected chi connectivity index (χ2v) is 9.18. The monoisotopic (exact) mass is 294 g/mol. The Bertz CT molecular complexity index is 308. The molecule has 1 heterocycles. The van der Waals surface area contributed by atoms with Crippen LogP contribution < -0.4 is 5.73 Å². The maximum atomic E-state index is 6.49. The van der Waals surface area contributed by atoms with E-state index in [1.54, 1.807) is 0 Å². The fraction of sp³-hybridized carbons (Fsp3) is 1.00. The largest absolute Gasteiger partial charge is 0.327 e. The molecule has 2 nitrogen and oxygen atoms in total. The van der Waals surface area contributed by atoms with Gasteiger partial charge in [0, 0.05) is 12.6 Å². The van der Waals surface area contributed by atoms with Gasteiger partial charge in [-0.15, -0.1) is 0 Å². The molecule has 1 aliphatic heterocycles. The summed E-state index contributed by atoms with van der Waals surface area (Å²) >= 11 is 0. The molecule has 2 N–H and O–H groups in total. The lowest BCUT2D eigenvalue weighted by atomic mass is 9.72. The summed E-state index contributed by atoms with van der Waals surface area (Å²) in [6.45, 7) is 15.8. The van der Waals surface area contributed by atoms with Crippen LogP contribution in [0.15, 0.2) is 0 Å². The van der Waals surface area contributed by atoms with Gasteiger partial charge in [-0.3, -0.25) is 0 Å². The molecule has 1 saturated carbocycles. The van der Waals surface area contributed by atoms with E-state index in [1.165, 1.54) is 51.7 Å². The predicted octanol–water partition coefficient (Wildman–Crippen LogP) is 4.14. The first-order valence-electron chi connectivity index (χ1n) is 9.25. The maximum Gasteiger partial charge on any atom is 0.00844 e. The van der Waals surface area contributed by atoms with Gasteiger partial charge >= 0.3 is 0 Å². The van der Waals surface area contributed by atoms with Crippen molar-refractivity contribution in [1.29, 1.82) is 0 Å². The van der Waals surface area contributed by atoms with E-state index in [1.807, 2.05) is 0 Å². The van der Waals surface area contributed by atoms with Crippen molar-refractivity contribution in [2.45, 2.75) is 72.8 Å². The van der Waals surface area contributed by atoms with E-state index < -0.39 is 0 Å². The third-order valence-corrected chi connectivity index (χ3v) is 6.24. The predicted molar refractivity (Wildman–Crippen MR) is 92.3 cm³/mol. The van der Waals surface area contributed by atoms with Crippen molar-refractivity contribution in [2.24, 2.45) is 34.8 Å². The molecule has 0 spiro atoms. The molecule has 0 aromatic heterocycles. The van der Waals surface area contributed by atoms with Crippen LogP contribution in [0.4, 0.5) is 0 Å². The summed E-state index contributed by atoms with van der Waals surface area (Å²) in [6.07, 6.45) is 6.75. The summed E-state index contributed by atoms with van der Waals surface area (Å²) < 4.78 is 0. The second kappa shape index (κ2) is 7.00. The minimum Gasteiger partial charge on any atom is -0.327 e. The van der Waals surface area contributed by atoms with E-state index in [4.69, 9.17) is 5.73 Å². The van der Waals surface area contributed by atoms with Gasteiger partial charge in [0.15, 0.2) is 0 Å². The van der Waals surface area contributed by atoms with Crippen molar-refractivity contribution < 1.29 is 0 Å². The minimum absolute atomic E-state index is 0.422. The number of nitrogens with zero attached hydrogens (tertiary/aromatic N) is 1. The highest BCUT2D eigenvalue weighted by Gasteiger charge is 2.34. The molecule has 5 unspecified atom stereocenters. The number of nitrogens with two attached hydrogens (primary N) is 1. The standard InChI is InChI=1S/C19H38N2/c1-14-11-15(2)17(18(20)12-14)13-21-9-6-7-16(8-10-21)19(3,4)5/h14-18H,6-13,20H2,1-5H3. The van der Waals surface area contributed by atoms with Gasteiger partial charge in [0.2, 0.25) is 0 Å². The van der Waals surface area contributed by atoms with Gasteiger partial charge in [-0.05, 0) is 74.3 Å². The molecular weight excluding hydrogens is 256 g/mol. The Labute approximate surface area is 132 Å². The molecule has 2 rings (SSSR count). The summed E-state index contributed by atoms with van der Waals surface area (Å²) in [5.74, 6) is 3.22. The average molecular weight is 295 g/mol. The zero-order valence-electron chi connectivity index (χ0n) is 15.1. The van der Waals surface area contributed by atoms with Gasteiger partial charge < -0.3 is 10.6 Å². The molecule has 21 heavy (non-hydrogen) atoms. The fourth-order valence-electron chi connectivity index (χ4n) is 4.79.